The molecule has 52 valence electrons. The Bertz CT molecular complexity index is 112. The van der Waals surface area contributed by atoms with Gasteiger partial charge in [-0.3, -0.25) is 0 Å². The molecule has 0 aromatic carbocycles. The maximum Gasteiger partial charge on any atom is 0.279 e. The van der Waals surface area contributed by atoms with E-state index in [0.717, 1.165) is 0 Å². The minimum Gasteiger partial charge on any atom is -0.330 e. The summed E-state index contributed by atoms with van der Waals surface area (Å²) in [4.78, 5) is 4.70. The Hall–Kier alpha value is -0.420. The lowest BCUT2D eigenvalue weighted by molar-refractivity contribution is -0.0224. The zero-order valence-electron chi connectivity index (χ0n) is 5.09. The van der Waals surface area contributed by atoms with Crippen LogP contribution in [-0.2, 0) is 9.57 Å². The summed E-state index contributed by atoms with van der Waals surface area (Å²) in [7, 11) is 0. The predicted octanol–water partition coefficient (Wildman–Crippen LogP) is -0.664. The summed E-state index contributed by atoms with van der Waals surface area (Å²) < 4.78 is 5.06. The fourth-order valence-electron chi connectivity index (χ4n) is 0.452. The SMILES string of the molecule is C=CCOC1(CN)NO1. The van der Waals surface area contributed by atoms with Crippen LogP contribution in [0.25, 0.3) is 0 Å². The molecule has 4 heteroatoms. The largest absolute Gasteiger partial charge is 0.330 e. The first kappa shape index (κ1) is 6.70. The minimum atomic E-state index is -0.700. The molecule has 1 saturated heterocycles. The van der Waals surface area contributed by atoms with Crippen molar-refractivity contribution < 1.29 is 9.57 Å². The van der Waals surface area contributed by atoms with Gasteiger partial charge in [-0.1, -0.05) is 6.08 Å². The summed E-state index contributed by atoms with van der Waals surface area (Å²) in [5.41, 5.74) is 7.80. The van der Waals surface area contributed by atoms with Gasteiger partial charge in [0.2, 0.25) is 0 Å². The van der Waals surface area contributed by atoms with Gasteiger partial charge in [-0.15, -0.1) is 12.1 Å². The highest BCUT2D eigenvalue weighted by Gasteiger charge is 2.45. The van der Waals surface area contributed by atoms with Crippen molar-refractivity contribution in [1.82, 2.24) is 5.48 Å². The topological polar surface area (TPSA) is 69.7 Å². The lowest BCUT2D eigenvalue weighted by Crippen LogP contribution is -2.30. The van der Waals surface area contributed by atoms with Crippen LogP contribution in [0.2, 0.25) is 0 Å². The molecule has 1 unspecified atom stereocenters. The van der Waals surface area contributed by atoms with Crippen LogP contribution in [0, 0.1) is 0 Å². The summed E-state index contributed by atoms with van der Waals surface area (Å²) in [5, 5.41) is 0. The number of nitrogens with two attached hydrogens (primary N) is 1. The first-order chi connectivity index (χ1) is 4.33. The molecular formula is C5H10N2O2. The van der Waals surface area contributed by atoms with Gasteiger partial charge in [0.15, 0.2) is 0 Å². The van der Waals surface area contributed by atoms with Gasteiger partial charge in [-0.25, -0.2) is 4.84 Å². The normalized spacial score (nSPS) is 32.1. The quantitative estimate of drug-likeness (QED) is 0.391. The molecular weight excluding hydrogens is 120 g/mol. The van der Waals surface area contributed by atoms with Crippen LogP contribution in [0.5, 0.6) is 0 Å². The first-order valence-corrected chi connectivity index (χ1v) is 2.73. The van der Waals surface area contributed by atoms with Gasteiger partial charge in [0.25, 0.3) is 5.91 Å². The van der Waals surface area contributed by atoms with Crippen molar-refractivity contribution in [3.8, 4) is 0 Å². The van der Waals surface area contributed by atoms with Crippen LogP contribution in [0.1, 0.15) is 0 Å². The second kappa shape index (κ2) is 2.45. The van der Waals surface area contributed by atoms with Gasteiger partial charge in [-0.05, 0) is 0 Å². The van der Waals surface area contributed by atoms with Crippen molar-refractivity contribution >= 4 is 0 Å². The Morgan fingerprint density at radius 1 is 1.89 bits per heavy atom. The average Bonchev–Trinajstić information content (AvgIpc) is 2.65. The number of hydrogen-bond acceptors (Lipinski definition) is 4. The van der Waals surface area contributed by atoms with E-state index in [9.17, 15) is 0 Å². The van der Waals surface area contributed by atoms with Crippen LogP contribution in [0.15, 0.2) is 12.7 Å². The highest BCUT2D eigenvalue weighted by atomic mass is 16.9. The highest BCUT2D eigenvalue weighted by molar-refractivity contribution is 4.75. The van der Waals surface area contributed by atoms with Crippen molar-refractivity contribution in [3.05, 3.63) is 12.7 Å². The van der Waals surface area contributed by atoms with E-state index in [-0.39, 0.29) is 0 Å². The Morgan fingerprint density at radius 2 is 2.56 bits per heavy atom. The number of hydroxylamine groups is 1. The van der Waals surface area contributed by atoms with Gasteiger partial charge >= 0.3 is 0 Å². The molecule has 1 aliphatic rings. The summed E-state index contributed by atoms with van der Waals surface area (Å²) in [5.74, 6) is -0.700. The number of ether oxygens (including phenoxy) is 1. The molecule has 0 aromatic heterocycles. The second-order valence-electron chi connectivity index (χ2n) is 1.76. The lowest BCUT2D eigenvalue weighted by atomic mass is 10.5. The molecule has 1 atom stereocenters. The van der Waals surface area contributed by atoms with Crippen molar-refractivity contribution in [1.29, 1.82) is 0 Å². The summed E-state index contributed by atoms with van der Waals surface area (Å²) in [6.45, 7) is 4.25. The van der Waals surface area contributed by atoms with E-state index >= 15 is 0 Å². The number of rotatable bonds is 4. The molecule has 1 aliphatic heterocycles. The molecule has 0 radical (unpaired) electrons. The molecule has 4 nitrogen and oxygen atoms in total. The van der Waals surface area contributed by atoms with E-state index in [2.05, 4.69) is 12.1 Å². The summed E-state index contributed by atoms with van der Waals surface area (Å²) >= 11 is 0. The Morgan fingerprint density at radius 3 is 2.89 bits per heavy atom. The monoisotopic (exact) mass is 130 g/mol. The third-order valence-electron chi connectivity index (χ3n) is 1.03. The van der Waals surface area contributed by atoms with Crippen LogP contribution in [-0.4, -0.2) is 19.1 Å². The molecule has 0 amide bonds. The fraction of sp³-hybridized carbons (Fsp3) is 0.600. The van der Waals surface area contributed by atoms with Crippen molar-refractivity contribution in [2.75, 3.05) is 13.2 Å². The number of nitrogens with one attached hydrogen (secondary N) is 1. The van der Waals surface area contributed by atoms with Gasteiger partial charge in [0.1, 0.15) is 0 Å². The zero-order chi connectivity index (χ0) is 6.74. The van der Waals surface area contributed by atoms with E-state index < -0.39 is 5.91 Å². The molecule has 3 N–H and O–H groups in total. The van der Waals surface area contributed by atoms with Crippen LogP contribution >= 0.6 is 0 Å². The molecule has 0 bridgehead atoms. The number of hydrogen-bond donors (Lipinski definition) is 2. The predicted molar refractivity (Wildman–Crippen MR) is 32.2 cm³/mol. The lowest BCUT2D eigenvalue weighted by Gasteiger charge is -2.03. The fourth-order valence-corrected chi connectivity index (χ4v) is 0.452. The van der Waals surface area contributed by atoms with E-state index in [1.807, 2.05) is 0 Å². The molecule has 1 heterocycles. The summed E-state index contributed by atoms with van der Waals surface area (Å²) in [6, 6.07) is 0. The molecule has 1 fully saturated rings. The van der Waals surface area contributed by atoms with E-state index in [1.54, 1.807) is 6.08 Å². The zero-order valence-corrected chi connectivity index (χ0v) is 5.09. The van der Waals surface area contributed by atoms with Crippen molar-refractivity contribution in [2.45, 2.75) is 5.91 Å². The molecule has 0 saturated carbocycles. The maximum absolute atomic E-state index is 5.26. The minimum absolute atomic E-state index is 0.320. The van der Waals surface area contributed by atoms with Gasteiger partial charge in [0, 0.05) is 0 Å². The average molecular weight is 130 g/mol. The smallest absolute Gasteiger partial charge is 0.279 e. The Labute approximate surface area is 53.6 Å². The third kappa shape index (κ3) is 1.49. The van der Waals surface area contributed by atoms with Crippen molar-refractivity contribution in [3.63, 3.8) is 0 Å². The maximum atomic E-state index is 5.26. The van der Waals surface area contributed by atoms with E-state index in [0.29, 0.717) is 13.2 Å². The van der Waals surface area contributed by atoms with Crippen LogP contribution < -0.4 is 11.2 Å². The molecule has 1 rings (SSSR count). The van der Waals surface area contributed by atoms with Crippen LogP contribution in [0.4, 0.5) is 0 Å². The van der Waals surface area contributed by atoms with E-state index in [1.165, 1.54) is 0 Å². The Kier molecular flexibility index (Phi) is 1.82. The van der Waals surface area contributed by atoms with Crippen LogP contribution in [0.3, 0.4) is 0 Å². The first-order valence-electron chi connectivity index (χ1n) is 2.73. The molecule has 9 heavy (non-hydrogen) atoms. The highest BCUT2D eigenvalue weighted by Crippen LogP contribution is 2.18. The van der Waals surface area contributed by atoms with Gasteiger partial charge in [0.05, 0.1) is 13.2 Å². The van der Waals surface area contributed by atoms with Crippen molar-refractivity contribution in [2.24, 2.45) is 5.73 Å². The third-order valence-corrected chi connectivity index (χ3v) is 1.03. The molecule has 0 spiro atoms. The van der Waals surface area contributed by atoms with Gasteiger partial charge in [-0.2, -0.15) is 0 Å². The Balaban J connectivity index is 2.17. The van der Waals surface area contributed by atoms with Gasteiger partial charge < -0.3 is 10.5 Å². The second-order valence-corrected chi connectivity index (χ2v) is 1.76. The standard InChI is InChI=1S/C5H10N2O2/c1-2-3-8-5(4-6)7-9-5/h2,7H,1,3-4,6H2. The summed E-state index contributed by atoms with van der Waals surface area (Å²) in [6.07, 6.45) is 1.64. The molecule has 0 aromatic rings. The molecule has 0 aliphatic carbocycles. The van der Waals surface area contributed by atoms with E-state index in [4.69, 9.17) is 15.3 Å².